The van der Waals surface area contributed by atoms with Gasteiger partial charge in [0, 0.05) is 7.05 Å². The fourth-order valence-corrected chi connectivity index (χ4v) is 1.62. The Balaban J connectivity index is 2.98. The highest BCUT2D eigenvalue weighted by Crippen LogP contribution is 2.25. The molecule has 2 heterocycles. The number of hydrogen-bond acceptors (Lipinski definition) is 3. The smallest absolute Gasteiger partial charge is 0.181 e. The lowest BCUT2D eigenvalue weighted by Crippen LogP contribution is -1.95. The van der Waals surface area contributed by atoms with Gasteiger partial charge in [-0.3, -0.25) is 0 Å². The standard InChI is InChI=1S/C8H9ClN4/c1-4-6-7(9)5(2)10-11-8(6)13(3)12-4/h1-3H3. The highest BCUT2D eigenvalue weighted by atomic mass is 35.5. The van der Waals surface area contributed by atoms with E-state index in [1.807, 2.05) is 20.9 Å². The minimum Gasteiger partial charge on any atom is -0.249 e. The lowest BCUT2D eigenvalue weighted by molar-refractivity contribution is 0.765. The van der Waals surface area contributed by atoms with Crippen molar-refractivity contribution in [2.24, 2.45) is 7.05 Å². The maximum atomic E-state index is 6.09. The van der Waals surface area contributed by atoms with Crippen molar-refractivity contribution in [1.29, 1.82) is 0 Å². The van der Waals surface area contributed by atoms with E-state index < -0.39 is 0 Å². The van der Waals surface area contributed by atoms with E-state index in [0.717, 1.165) is 22.4 Å². The van der Waals surface area contributed by atoms with Crippen molar-refractivity contribution < 1.29 is 0 Å². The molecule has 4 nitrogen and oxygen atoms in total. The van der Waals surface area contributed by atoms with E-state index in [1.54, 1.807) is 4.68 Å². The Morgan fingerprint density at radius 1 is 1.15 bits per heavy atom. The van der Waals surface area contributed by atoms with E-state index in [9.17, 15) is 0 Å². The van der Waals surface area contributed by atoms with Crippen LogP contribution in [0.3, 0.4) is 0 Å². The zero-order valence-electron chi connectivity index (χ0n) is 7.67. The molecule has 0 radical (unpaired) electrons. The van der Waals surface area contributed by atoms with Gasteiger partial charge in [-0.05, 0) is 13.8 Å². The third-order valence-corrected chi connectivity index (χ3v) is 2.49. The molecule has 0 bridgehead atoms. The Labute approximate surface area is 80.5 Å². The van der Waals surface area contributed by atoms with E-state index in [1.165, 1.54) is 0 Å². The monoisotopic (exact) mass is 196 g/mol. The van der Waals surface area contributed by atoms with E-state index >= 15 is 0 Å². The molecule has 5 heteroatoms. The summed E-state index contributed by atoms with van der Waals surface area (Å²) in [7, 11) is 1.83. The van der Waals surface area contributed by atoms with Gasteiger partial charge in [-0.25, -0.2) is 4.68 Å². The van der Waals surface area contributed by atoms with Gasteiger partial charge in [-0.1, -0.05) is 11.6 Å². The van der Waals surface area contributed by atoms with Crippen molar-refractivity contribution in [1.82, 2.24) is 20.0 Å². The highest BCUT2D eigenvalue weighted by molar-refractivity contribution is 6.35. The number of nitrogens with zero attached hydrogens (tertiary/aromatic N) is 4. The summed E-state index contributed by atoms with van der Waals surface area (Å²) in [5.74, 6) is 0. The first-order valence-corrected chi connectivity index (χ1v) is 4.31. The summed E-state index contributed by atoms with van der Waals surface area (Å²) in [6.45, 7) is 3.75. The number of aryl methyl sites for hydroxylation is 3. The Morgan fingerprint density at radius 3 is 2.54 bits per heavy atom. The number of aromatic nitrogens is 4. The van der Waals surface area contributed by atoms with Crippen LogP contribution in [0.25, 0.3) is 11.0 Å². The topological polar surface area (TPSA) is 43.6 Å². The molecule has 0 aromatic carbocycles. The van der Waals surface area contributed by atoms with Gasteiger partial charge in [0.1, 0.15) is 0 Å². The van der Waals surface area contributed by atoms with E-state index in [4.69, 9.17) is 11.6 Å². The average Bonchev–Trinajstić information content (AvgIpc) is 2.35. The van der Waals surface area contributed by atoms with Gasteiger partial charge in [0.2, 0.25) is 0 Å². The summed E-state index contributed by atoms with van der Waals surface area (Å²) in [4.78, 5) is 0. The van der Waals surface area contributed by atoms with Gasteiger partial charge in [-0.2, -0.15) is 10.2 Å². The molecule has 0 fully saturated rings. The van der Waals surface area contributed by atoms with Crippen LogP contribution in [0.15, 0.2) is 0 Å². The van der Waals surface area contributed by atoms with Gasteiger partial charge in [0.25, 0.3) is 0 Å². The van der Waals surface area contributed by atoms with Crippen LogP contribution in [0.5, 0.6) is 0 Å². The zero-order valence-corrected chi connectivity index (χ0v) is 8.42. The minimum atomic E-state index is 0.649. The second-order valence-electron chi connectivity index (χ2n) is 3.01. The summed E-state index contributed by atoms with van der Waals surface area (Å²) < 4.78 is 1.68. The van der Waals surface area contributed by atoms with Crippen molar-refractivity contribution in [3.8, 4) is 0 Å². The van der Waals surface area contributed by atoms with Crippen molar-refractivity contribution >= 4 is 22.6 Å². The lowest BCUT2D eigenvalue weighted by Gasteiger charge is -1.97. The molecule has 13 heavy (non-hydrogen) atoms. The molecule has 0 atom stereocenters. The molecule has 0 saturated carbocycles. The van der Waals surface area contributed by atoms with Crippen LogP contribution in [0.4, 0.5) is 0 Å². The van der Waals surface area contributed by atoms with Crippen LogP contribution >= 0.6 is 11.6 Å². The Kier molecular flexibility index (Phi) is 1.73. The van der Waals surface area contributed by atoms with Gasteiger partial charge in [-0.15, -0.1) is 5.10 Å². The van der Waals surface area contributed by atoms with Crippen LogP contribution < -0.4 is 0 Å². The molecule has 2 rings (SSSR count). The average molecular weight is 197 g/mol. The fraction of sp³-hybridized carbons (Fsp3) is 0.375. The summed E-state index contributed by atoms with van der Waals surface area (Å²) in [5, 5.41) is 13.7. The first-order chi connectivity index (χ1) is 6.11. The van der Waals surface area contributed by atoms with E-state index in [-0.39, 0.29) is 0 Å². The van der Waals surface area contributed by atoms with Crippen LogP contribution in [0.1, 0.15) is 11.4 Å². The predicted octanol–water partition coefficient (Wildman–Crippen LogP) is 1.63. The molecule has 0 aliphatic carbocycles. The molecule has 0 N–H and O–H groups in total. The Hall–Kier alpha value is -1.16. The van der Waals surface area contributed by atoms with Crippen LogP contribution in [-0.4, -0.2) is 20.0 Å². The highest BCUT2D eigenvalue weighted by Gasteiger charge is 2.12. The molecular formula is C8H9ClN4. The quantitative estimate of drug-likeness (QED) is 0.644. The van der Waals surface area contributed by atoms with Gasteiger partial charge >= 0.3 is 0 Å². The number of rotatable bonds is 0. The van der Waals surface area contributed by atoms with Crippen LogP contribution in [-0.2, 0) is 7.05 Å². The third kappa shape index (κ3) is 1.09. The number of halogens is 1. The van der Waals surface area contributed by atoms with E-state index in [2.05, 4.69) is 15.3 Å². The lowest BCUT2D eigenvalue weighted by atomic mass is 10.2. The Bertz CT molecular complexity index is 474. The molecule has 2 aromatic rings. The fourth-order valence-electron chi connectivity index (χ4n) is 1.36. The maximum absolute atomic E-state index is 6.09. The molecule has 0 amide bonds. The SMILES string of the molecule is Cc1nnc2c(c(C)nn2C)c1Cl. The summed E-state index contributed by atoms with van der Waals surface area (Å²) in [6.07, 6.45) is 0. The second-order valence-corrected chi connectivity index (χ2v) is 3.38. The van der Waals surface area contributed by atoms with Crippen LogP contribution in [0, 0.1) is 13.8 Å². The van der Waals surface area contributed by atoms with Crippen molar-refractivity contribution in [2.45, 2.75) is 13.8 Å². The molecule has 0 saturated heterocycles. The molecule has 0 aliphatic rings. The second kappa shape index (κ2) is 2.67. The van der Waals surface area contributed by atoms with Crippen molar-refractivity contribution in [2.75, 3.05) is 0 Å². The molecule has 0 spiro atoms. The van der Waals surface area contributed by atoms with Crippen LogP contribution in [0.2, 0.25) is 5.02 Å². The van der Waals surface area contributed by atoms with Gasteiger partial charge < -0.3 is 0 Å². The number of hydrogen-bond donors (Lipinski definition) is 0. The van der Waals surface area contributed by atoms with Gasteiger partial charge in [0.05, 0.1) is 21.8 Å². The first kappa shape index (κ1) is 8.44. The number of fused-ring (bicyclic) bond motifs is 1. The third-order valence-electron chi connectivity index (χ3n) is 2.02. The molecule has 0 unspecified atom stereocenters. The molecule has 68 valence electrons. The predicted molar refractivity (Wildman–Crippen MR) is 50.8 cm³/mol. The summed E-state index contributed by atoms with van der Waals surface area (Å²) in [5.41, 5.74) is 2.36. The molecule has 0 aliphatic heterocycles. The maximum Gasteiger partial charge on any atom is 0.181 e. The zero-order chi connectivity index (χ0) is 9.59. The molecule has 2 aromatic heterocycles. The summed E-state index contributed by atoms with van der Waals surface area (Å²) >= 11 is 6.09. The normalized spacial score (nSPS) is 11.1. The van der Waals surface area contributed by atoms with E-state index in [0.29, 0.717) is 5.02 Å². The molecular weight excluding hydrogens is 188 g/mol. The van der Waals surface area contributed by atoms with Gasteiger partial charge in [0.15, 0.2) is 5.65 Å². The summed E-state index contributed by atoms with van der Waals surface area (Å²) in [6, 6.07) is 0. The Morgan fingerprint density at radius 2 is 1.85 bits per heavy atom. The van der Waals surface area contributed by atoms with Crippen molar-refractivity contribution in [3.05, 3.63) is 16.4 Å². The minimum absolute atomic E-state index is 0.649. The first-order valence-electron chi connectivity index (χ1n) is 3.93. The largest absolute Gasteiger partial charge is 0.249 e. The van der Waals surface area contributed by atoms with Crippen molar-refractivity contribution in [3.63, 3.8) is 0 Å².